The van der Waals surface area contributed by atoms with Crippen molar-refractivity contribution in [2.24, 2.45) is 0 Å². The van der Waals surface area contributed by atoms with Gasteiger partial charge in [0.25, 0.3) is 0 Å². The lowest BCUT2D eigenvalue weighted by atomic mass is 10.0. The van der Waals surface area contributed by atoms with Crippen LogP contribution in [0.1, 0.15) is 57.1 Å². The van der Waals surface area contributed by atoms with E-state index in [1.165, 1.54) is 19.2 Å². The van der Waals surface area contributed by atoms with Crippen LogP contribution in [0.5, 0.6) is 0 Å². The largest absolute Gasteiger partial charge is 0.478 e. The lowest BCUT2D eigenvalue weighted by molar-refractivity contribution is -0.140. The molecule has 186 valence electrons. The number of nitrogens with one attached hydrogen (secondary N) is 1. The van der Waals surface area contributed by atoms with Crippen LogP contribution >= 0.6 is 12.2 Å². The summed E-state index contributed by atoms with van der Waals surface area (Å²) in [5, 5.41) is 22.6. The number of ether oxygens (including phenoxy) is 1. The number of hydrogen-bond donors (Lipinski definition) is 3. The molecule has 0 unspecified atom stereocenters. The lowest BCUT2D eigenvalue weighted by Crippen LogP contribution is -2.30. The lowest BCUT2D eigenvalue weighted by Gasteiger charge is -2.25. The van der Waals surface area contributed by atoms with Gasteiger partial charge in [0.05, 0.1) is 30.0 Å². The molecule has 36 heavy (non-hydrogen) atoms. The predicted octanol–water partition coefficient (Wildman–Crippen LogP) is 3.66. The van der Waals surface area contributed by atoms with E-state index in [4.69, 9.17) is 21.4 Å². The van der Waals surface area contributed by atoms with Crippen molar-refractivity contribution >= 4 is 35.2 Å². The van der Waals surface area contributed by atoms with E-state index in [1.54, 1.807) is 24.4 Å². The molecule has 1 aromatic carbocycles. The van der Waals surface area contributed by atoms with Crippen molar-refractivity contribution < 1.29 is 33.8 Å². The summed E-state index contributed by atoms with van der Waals surface area (Å²) in [6.45, 7) is 0.447. The second kappa shape index (κ2) is 10.6. The Morgan fingerprint density at radius 1 is 1.11 bits per heavy atom. The first-order valence-corrected chi connectivity index (χ1v) is 11.5. The summed E-state index contributed by atoms with van der Waals surface area (Å²) in [6, 6.07) is 12.0. The topological polar surface area (TPSA) is 142 Å². The number of methoxy groups -OCH3 is 1. The number of carboxylic acid groups (broad SMARTS) is 2. The fourth-order valence-electron chi connectivity index (χ4n) is 4.13. The van der Waals surface area contributed by atoms with Crippen molar-refractivity contribution in [3.8, 4) is 11.3 Å². The Morgan fingerprint density at radius 2 is 1.83 bits per heavy atom. The minimum absolute atomic E-state index is 0.164. The van der Waals surface area contributed by atoms with Crippen LogP contribution in [-0.4, -0.2) is 56.8 Å². The number of carbonyl (C=O) groups excluding carboxylic acids is 1. The number of thiocarbonyl (C=S) groups is 1. The van der Waals surface area contributed by atoms with Crippen LogP contribution in [-0.2, 0) is 9.53 Å². The number of carbonyl (C=O) groups is 3. The summed E-state index contributed by atoms with van der Waals surface area (Å²) in [4.78, 5) is 41.0. The van der Waals surface area contributed by atoms with Crippen molar-refractivity contribution in [2.75, 3.05) is 13.7 Å². The number of esters is 1. The maximum absolute atomic E-state index is 11.6. The fourth-order valence-corrected chi connectivity index (χ4v) is 4.47. The van der Waals surface area contributed by atoms with E-state index in [9.17, 15) is 24.6 Å². The van der Waals surface area contributed by atoms with E-state index in [2.05, 4.69) is 10.3 Å². The van der Waals surface area contributed by atoms with Crippen LogP contribution in [0.3, 0.4) is 0 Å². The third kappa shape index (κ3) is 5.20. The van der Waals surface area contributed by atoms with Crippen molar-refractivity contribution in [1.29, 1.82) is 0 Å². The van der Waals surface area contributed by atoms with Crippen LogP contribution in [0.15, 0.2) is 59.1 Å². The molecule has 0 saturated carbocycles. The van der Waals surface area contributed by atoms with Crippen LogP contribution in [0, 0.1) is 0 Å². The summed E-state index contributed by atoms with van der Waals surface area (Å²) >= 11 is 5.59. The highest BCUT2D eigenvalue weighted by atomic mass is 32.1. The molecule has 0 amide bonds. The maximum atomic E-state index is 11.6. The number of pyridine rings is 1. The molecule has 11 heteroatoms. The van der Waals surface area contributed by atoms with Crippen LogP contribution in [0.25, 0.3) is 11.3 Å². The molecular formula is C25H23N3O7S. The van der Waals surface area contributed by atoms with E-state index in [0.29, 0.717) is 35.2 Å². The van der Waals surface area contributed by atoms with Gasteiger partial charge in [-0.1, -0.05) is 6.07 Å². The molecule has 10 nitrogen and oxygen atoms in total. The molecule has 1 aliphatic rings. The summed E-state index contributed by atoms with van der Waals surface area (Å²) in [6.07, 6.45) is 2.39. The Hall–Kier alpha value is -4.25. The summed E-state index contributed by atoms with van der Waals surface area (Å²) < 4.78 is 10.9. The molecule has 0 spiro atoms. The van der Waals surface area contributed by atoms with E-state index in [0.717, 1.165) is 11.8 Å². The van der Waals surface area contributed by atoms with Crippen LogP contribution < -0.4 is 5.32 Å². The van der Waals surface area contributed by atoms with Crippen molar-refractivity contribution in [3.05, 3.63) is 77.3 Å². The molecule has 3 heterocycles. The van der Waals surface area contributed by atoms with E-state index >= 15 is 0 Å². The van der Waals surface area contributed by atoms with Gasteiger partial charge in [-0.2, -0.15) is 0 Å². The van der Waals surface area contributed by atoms with Gasteiger partial charge in [0, 0.05) is 24.7 Å². The molecule has 1 fully saturated rings. The van der Waals surface area contributed by atoms with E-state index in [-0.39, 0.29) is 29.6 Å². The number of aromatic carboxylic acids is 2. The molecule has 0 aliphatic carbocycles. The molecule has 3 N–H and O–H groups in total. The first-order chi connectivity index (χ1) is 17.3. The van der Waals surface area contributed by atoms with Gasteiger partial charge in [-0.3, -0.25) is 9.78 Å². The third-order valence-electron chi connectivity index (χ3n) is 5.84. The van der Waals surface area contributed by atoms with Gasteiger partial charge in [-0.05, 0) is 61.1 Å². The highest BCUT2D eigenvalue weighted by molar-refractivity contribution is 7.80. The number of hydrogen-bond acceptors (Lipinski definition) is 7. The van der Waals surface area contributed by atoms with E-state index < -0.39 is 18.0 Å². The molecule has 4 rings (SSSR count). The van der Waals surface area contributed by atoms with Crippen LogP contribution in [0.2, 0.25) is 0 Å². The molecule has 2 aromatic heterocycles. The molecule has 0 radical (unpaired) electrons. The Bertz CT molecular complexity index is 1280. The fraction of sp³-hybridized carbons (Fsp3) is 0.240. The smallest absolute Gasteiger partial charge is 0.335 e. The predicted molar refractivity (Wildman–Crippen MR) is 131 cm³/mol. The number of aromatic nitrogens is 1. The minimum Gasteiger partial charge on any atom is -0.478 e. The number of nitrogens with zero attached hydrogens (tertiary/aromatic N) is 2. The average molecular weight is 510 g/mol. The van der Waals surface area contributed by atoms with Gasteiger partial charge in [-0.15, -0.1) is 0 Å². The molecule has 3 aromatic rings. The molecule has 1 saturated heterocycles. The van der Waals surface area contributed by atoms with Crippen molar-refractivity contribution in [1.82, 2.24) is 15.2 Å². The SMILES string of the molecule is COC(=O)CCCN1C(=S)N[C@@H](c2ccccn2)[C@H]1c1ccc(-c2cc(C(=O)O)cc(C(=O)O)c2)o1. The Labute approximate surface area is 211 Å². The summed E-state index contributed by atoms with van der Waals surface area (Å²) in [5.74, 6) is -1.99. The van der Waals surface area contributed by atoms with Gasteiger partial charge in [0.1, 0.15) is 17.6 Å². The zero-order valence-electron chi connectivity index (χ0n) is 19.2. The van der Waals surface area contributed by atoms with Gasteiger partial charge >= 0.3 is 17.9 Å². The number of furan rings is 1. The molecule has 2 atom stereocenters. The molecule has 0 bridgehead atoms. The Kier molecular flexibility index (Phi) is 7.30. The van der Waals surface area contributed by atoms with Gasteiger partial charge < -0.3 is 29.6 Å². The van der Waals surface area contributed by atoms with Crippen molar-refractivity contribution in [3.63, 3.8) is 0 Å². The zero-order chi connectivity index (χ0) is 25.8. The first-order valence-electron chi connectivity index (χ1n) is 11.0. The van der Waals surface area contributed by atoms with Crippen molar-refractivity contribution in [2.45, 2.75) is 24.9 Å². The number of rotatable bonds is 9. The highest BCUT2D eigenvalue weighted by Gasteiger charge is 2.41. The third-order valence-corrected chi connectivity index (χ3v) is 6.19. The highest BCUT2D eigenvalue weighted by Crippen LogP contribution is 2.40. The average Bonchev–Trinajstić information content (AvgIpc) is 3.49. The second-order valence-electron chi connectivity index (χ2n) is 8.11. The first kappa shape index (κ1) is 24.9. The van der Waals surface area contributed by atoms with Crippen LogP contribution in [0.4, 0.5) is 0 Å². The standard InChI is InChI=1S/C25H23N3O7S/c1-34-20(29)6-4-10-28-22(21(27-25(28)36)17-5-2-3-9-26-17)19-8-7-18(35-19)14-11-15(23(30)31)13-16(12-14)24(32)33/h2-3,5,7-9,11-13,21-22H,4,6,10H2,1H3,(H,27,36)(H,30,31)(H,32,33)/t21-,22+/m0/s1. The number of benzene rings is 1. The Morgan fingerprint density at radius 3 is 2.44 bits per heavy atom. The molecule has 1 aliphatic heterocycles. The normalized spacial score (nSPS) is 17.0. The van der Waals surface area contributed by atoms with Gasteiger partial charge in [-0.25, -0.2) is 9.59 Å². The second-order valence-corrected chi connectivity index (χ2v) is 8.50. The Balaban J connectivity index is 1.71. The maximum Gasteiger partial charge on any atom is 0.335 e. The zero-order valence-corrected chi connectivity index (χ0v) is 20.0. The molecular weight excluding hydrogens is 486 g/mol. The quantitative estimate of drug-likeness (QED) is 0.287. The van der Waals surface area contributed by atoms with Gasteiger partial charge in [0.15, 0.2) is 5.11 Å². The number of carboxylic acids is 2. The summed E-state index contributed by atoms with van der Waals surface area (Å²) in [7, 11) is 1.34. The minimum atomic E-state index is -1.25. The van der Waals surface area contributed by atoms with E-state index in [1.807, 2.05) is 17.0 Å². The van der Waals surface area contributed by atoms with Gasteiger partial charge in [0.2, 0.25) is 0 Å². The summed E-state index contributed by atoms with van der Waals surface area (Å²) in [5.41, 5.74) is 0.725. The monoisotopic (exact) mass is 509 g/mol.